The fourth-order valence-electron chi connectivity index (χ4n) is 2.66. The molecule has 3 heterocycles. The maximum atomic E-state index is 5.12. The first-order chi connectivity index (χ1) is 7.86. The van der Waals surface area contributed by atoms with Crippen molar-refractivity contribution in [3.8, 4) is 5.88 Å². The van der Waals surface area contributed by atoms with Crippen LogP contribution in [0.4, 0.5) is 5.82 Å². The summed E-state index contributed by atoms with van der Waals surface area (Å²) in [6, 6.07) is 1.91. The van der Waals surface area contributed by atoms with Crippen LogP contribution in [0.15, 0.2) is 12.4 Å². The van der Waals surface area contributed by atoms with Gasteiger partial charge in [0.25, 0.3) is 0 Å². The van der Waals surface area contributed by atoms with Crippen LogP contribution in [0, 0.1) is 11.8 Å². The second-order valence-electron chi connectivity index (χ2n) is 4.50. The molecule has 0 saturated carbocycles. The number of aromatic nitrogens is 2. The Morgan fingerprint density at radius 3 is 2.75 bits per heavy atom. The van der Waals surface area contributed by atoms with Crippen molar-refractivity contribution in [1.29, 1.82) is 0 Å². The smallest absolute Gasteiger partial charge is 0.218 e. The number of fused-ring (bicyclic) bond motifs is 1. The molecule has 0 aromatic carbocycles. The van der Waals surface area contributed by atoms with Crippen LogP contribution >= 0.6 is 0 Å². The van der Waals surface area contributed by atoms with Crippen molar-refractivity contribution in [3.63, 3.8) is 0 Å². The van der Waals surface area contributed by atoms with Crippen LogP contribution in [-0.4, -0.2) is 43.3 Å². The van der Waals surface area contributed by atoms with Crippen LogP contribution in [0.1, 0.15) is 0 Å². The summed E-state index contributed by atoms with van der Waals surface area (Å²) in [5.74, 6) is 3.18. The second kappa shape index (κ2) is 3.90. The van der Waals surface area contributed by atoms with Gasteiger partial charge in [0.2, 0.25) is 5.88 Å². The van der Waals surface area contributed by atoms with E-state index in [4.69, 9.17) is 4.74 Å². The Bertz CT molecular complexity index is 372. The lowest BCUT2D eigenvalue weighted by Crippen LogP contribution is -2.26. The molecule has 2 aliphatic rings. The van der Waals surface area contributed by atoms with Crippen LogP contribution in [0.5, 0.6) is 5.88 Å². The number of nitrogens with one attached hydrogen (secondary N) is 1. The Kier molecular flexibility index (Phi) is 2.40. The normalized spacial score (nSPS) is 28.2. The van der Waals surface area contributed by atoms with E-state index in [-0.39, 0.29) is 0 Å². The standard InChI is InChI=1S/C11H16N4O/c1-16-11-2-10(13-7-14-11)15-5-8-3-12-4-9(8)6-15/h2,7-9,12H,3-6H2,1H3/t8-,9+. The summed E-state index contributed by atoms with van der Waals surface area (Å²) in [5, 5.41) is 3.43. The molecule has 2 saturated heterocycles. The Labute approximate surface area is 94.8 Å². The average Bonchev–Trinajstić information content (AvgIpc) is 2.89. The predicted molar refractivity (Wildman–Crippen MR) is 60.6 cm³/mol. The van der Waals surface area contributed by atoms with Crippen molar-refractivity contribution >= 4 is 5.82 Å². The number of ether oxygens (including phenoxy) is 1. The van der Waals surface area contributed by atoms with Gasteiger partial charge in [0.1, 0.15) is 12.1 Å². The van der Waals surface area contributed by atoms with Gasteiger partial charge in [0, 0.05) is 32.2 Å². The zero-order valence-electron chi connectivity index (χ0n) is 9.39. The summed E-state index contributed by atoms with van der Waals surface area (Å²) in [6.07, 6.45) is 1.57. The van der Waals surface area contributed by atoms with Gasteiger partial charge in [0.15, 0.2) is 0 Å². The average molecular weight is 220 g/mol. The molecule has 5 nitrogen and oxygen atoms in total. The molecular formula is C11H16N4O. The van der Waals surface area contributed by atoms with Gasteiger partial charge in [-0.05, 0) is 11.8 Å². The highest BCUT2D eigenvalue weighted by Crippen LogP contribution is 2.29. The Morgan fingerprint density at radius 1 is 1.31 bits per heavy atom. The topological polar surface area (TPSA) is 50.3 Å². The molecule has 1 aromatic heterocycles. The minimum absolute atomic E-state index is 0.639. The van der Waals surface area contributed by atoms with Gasteiger partial charge in [-0.25, -0.2) is 9.97 Å². The quantitative estimate of drug-likeness (QED) is 0.768. The summed E-state index contributed by atoms with van der Waals surface area (Å²) in [7, 11) is 1.63. The van der Waals surface area contributed by atoms with Crippen molar-refractivity contribution in [2.75, 3.05) is 38.2 Å². The Morgan fingerprint density at radius 2 is 2.06 bits per heavy atom. The molecule has 0 unspecified atom stereocenters. The van der Waals surface area contributed by atoms with E-state index in [1.54, 1.807) is 13.4 Å². The monoisotopic (exact) mass is 220 g/mol. The van der Waals surface area contributed by atoms with E-state index in [1.165, 1.54) is 0 Å². The van der Waals surface area contributed by atoms with E-state index in [0.717, 1.165) is 43.8 Å². The largest absolute Gasteiger partial charge is 0.481 e. The minimum atomic E-state index is 0.639. The van der Waals surface area contributed by atoms with Crippen LogP contribution < -0.4 is 15.0 Å². The highest BCUT2D eigenvalue weighted by molar-refractivity contribution is 5.42. The maximum absolute atomic E-state index is 5.12. The van der Waals surface area contributed by atoms with E-state index in [0.29, 0.717) is 5.88 Å². The van der Waals surface area contributed by atoms with Crippen molar-refractivity contribution in [2.24, 2.45) is 11.8 Å². The van der Waals surface area contributed by atoms with Gasteiger partial charge in [0.05, 0.1) is 7.11 Å². The third-order valence-electron chi connectivity index (χ3n) is 3.55. The number of nitrogens with zero attached hydrogens (tertiary/aromatic N) is 3. The molecule has 3 rings (SSSR count). The molecule has 16 heavy (non-hydrogen) atoms. The first-order valence-electron chi connectivity index (χ1n) is 5.68. The predicted octanol–water partition coefficient (Wildman–Crippen LogP) is 0.141. The number of anilines is 1. The van der Waals surface area contributed by atoms with Crippen molar-refractivity contribution in [2.45, 2.75) is 0 Å². The van der Waals surface area contributed by atoms with Crippen LogP contribution in [0.3, 0.4) is 0 Å². The third-order valence-corrected chi connectivity index (χ3v) is 3.55. The van der Waals surface area contributed by atoms with Crippen LogP contribution in [0.25, 0.3) is 0 Å². The maximum Gasteiger partial charge on any atom is 0.218 e. The second-order valence-corrected chi connectivity index (χ2v) is 4.50. The summed E-state index contributed by atoms with van der Waals surface area (Å²) in [4.78, 5) is 10.7. The van der Waals surface area contributed by atoms with Crippen LogP contribution in [-0.2, 0) is 0 Å². The lowest BCUT2D eigenvalue weighted by Gasteiger charge is -2.18. The molecule has 2 fully saturated rings. The summed E-state index contributed by atoms with van der Waals surface area (Å²) < 4.78 is 5.12. The molecule has 0 bridgehead atoms. The molecule has 0 spiro atoms. The molecule has 1 N–H and O–H groups in total. The zero-order valence-corrected chi connectivity index (χ0v) is 9.39. The molecule has 0 radical (unpaired) electrons. The Hall–Kier alpha value is -1.36. The van der Waals surface area contributed by atoms with Gasteiger partial charge >= 0.3 is 0 Å². The fourth-order valence-corrected chi connectivity index (χ4v) is 2.66. The van der Waals surface area contributed by atoms with E-state index >= 15 is 0 Å². The van der Waals surface area contributed by atoms with Crippen molar-refractivity contribution in [1.82, 2.24) is 15.3 Å². The first-order valence-corrected chi connectivity index (χ1v) is 5.68. The summed E-state index contributed by atoms with van der Waals surface area (Å²) in [6.45, 7) is 4.47. The summed E-state index contributed by atoms with van der Waals surface area (Å²) in [5.41, 5.74) is 0. The fraction of sp³-hybridized carbons (Fsp3) is 0.636. The molecule has 86 valence electrons. The van der Waals surface area contributed by atoms with Crippen molar-refractivity contribution in [3.05, 3.63) is 12.4 Å². The molecule has 2 aliphatic heterocycles. The van der Waals surface area contributed by atoms with E-state index < -0.39 is 0 Å². The Balaban J connectivity index is 1.78. The highest BCUT2D eigenvalue weighted by Gasteiger charge is 2.36. The van der Waals surface area contributed by atoms with Gasteiger partial charge < -0.3 is 15.0 Å². The van der Waals surface area contributed by atoms with Gasteiger partial charge in [-0.15, -0.1) is 0 Å². The highest BCUT2D eigenvalue weighted by atomic mass is 16.5. The molecule has 0 amide bonds. The lowest BCUT2D eigenvalue weighted by molar-refractivity contribution is 0.397. The molecule has 1 aromatic rings. The molecule has 0 aliphatic carbocycles. The van der Waals surface area contributed by atoms with Gasteiger partial charge in [-0.1, -0.05) is 0 Å². The van der Waals surface area contributed by atoms with Crippen LogP contribution in [0.2, 0.25) is 0 Å². The van der Waals surface area contributed by atoms with Gasteiger partial charge in [-0.3, -0.25) is 0 Å². The summed E-state index contributed by atoms with van der Waals surface area (Å²) >= 11 is 0. The lowest BCUT2D eigenvalue weighted by atomic mass is 10.0. The number of methoxy groups -OCH3 is 1. The van der Waals surface area contributed by atoms with E-state index in [9.17, 15) is 0 Å². The van der Waals surface area contributed by atoms with Gasteiger partial charge in [-0.2, -0.15) is 0 Å². The third kappa shape index (κ3) is 1.61. The number of rotatable bonds is 2. The molecule has 5 heteroatoms. The number of hydrogen-bond acceptors (Lipinski definition) is 5. The molecule has 2 atom stereocenters. The van der Waals surface area contributed by atoms with E-state index in [1.807, 2.05) is 6.07 Å². The number of hydrogen-bond donors (Lipinski definition) is 1. The minimum Gasteiger partial charge on any atom is -0.481 e. The zero-order chi connectivity index (χ0) is 11.0. The first kappa shape index (κ1) is 9.84. The molecular weight excluding hydrogens is 204 g/mol. The SMILES string of the molecule is COc1cc(N2C[C@H]3CNC[C@H]3C2)ncn1. The van der Waals surface area contributed by atoms with Crippen molar-refractivity contribution < 1.29 is 4.74 Å². The van der Waals surface area contributed by atoms with E-state index in [2.05, 4.69) is 20.2 Å².